The third kappa shape index (κ3) is 4.60. The second-order valence-electron chi connectivity index (χ2n) is 5.25. The zero-order valence-corrected chi connectivity index (χ0v) is 13.6. The van der Waals surface area contributed by atoms with Crippen molar-refractivity contribution < 1.29 is 9.53 Å². The number of hydrogen-bond donors (Lipinski definition) is 1. The Bertz CT molecular complexity index is 477. The first-order chi connectivity index (χ1) is 9.90. The Morgan fingerprint density at radius 2 is 2.10 bits per heavy atom. The van der Waals surface area contributed by atoms with Gasteiger partial charge in [0.25, 0.3) is 0 Å². The molecule has 0 bridgehead atoms. The van der Waals surface area contributed by atoms with E-state index in [0.29, 0.717) is 17.9 Å². The van der Waals surface area contributed by atoms with Crippen LogP contribution in [0, 0.1) is 0 Å². The van der Waals surface area contributed by atoms with Crippen LogP contribution in [-0.4, -0.2) is 55.7 Å². The number of likely N-dealkylation sites (N-methyl/N-ethyl adjacent to an activating group) is 2. The molecular formula is C15H26N4O2. The molecule has 1 aromatic rings. The largest absolute Gasteiger partial charge is 0.462 e. The lowest BCUT2D eigenvalue weighted by molar-refractivity contribution is 0.0527. The molecule has 6 nitrogen and oxygen atoms in total. The maximum absolute atomic E-state index is 11.9. The second kappa shape index (κ2) is 7.83. The standard InChI is InChI=1S/C15H26N4O2/c1-6-19(11(3)10-18(4)5)14-8-12(13(16)9-17-14)15(20)21-7-2/h8-9,11H,6-7,10,16H2,1-5H3. The Kier molecular flexibility index (Phi) is 6.42. The summed E-state index contributed by atoms with van der Waals surface area (Å²) in [6, 6.07) is 1.99. The van der Waals surface area contributed by atoms with Crippen molar-refractivity contribution in [2.75, 3.05) is 44.4 Å². The maximum atomic E-state index is 11.9. The van der Waals surface area contributed by atoms with E-state index in [4.69, 9.17) is 10.5 Å². The van der Waals surface area contributed by atoms with Gasteiger partial charge in [0.15, 0.2) is 0 Å². The van der Waals surface area contributed by atoms with E-state index >= 15 is 0 Å². The summed E-state index contributed by atoms with van der Waals surface area (Å²) in [6.45, 7) is 7.99. The van der Waals surface area contributed by atoms with Gasteiger partial charge in [0, 0.05) is 19.1 Å². The van der Waals surface area contributed by atoms with Crippen molar-refractivity contribution in [3.8, 4) is 0 Å². The number of carbonyl (C=O) groups excluding carboxylic acids is 1. The smallest absolute Gasteiger partial charge is 0.340 e. The van der Waals surface area contributed by atoms with E-state index in [2.05, 4.69) is 28.6 Å². The first-order valence-electron chi connectivity index (χ1n) is 7.24. The lowest BCUT2D eigenvalue weighted by Gasteiger charge is -2.31. The van der Waals surface area contributed by atoms with Crippen molar-refractivity contribution in [1.29, 1.82) is 0 Å². The van der Waals surface area contributed by atoms with Gasteiger partial charge in [-0.05, 0) is 40.9 Å². The van der Waals surface area contributed by atoms with Crippen molar-refractivity contribution >= 4 is 17.5 Å². The van der Waals surface area contributed by atoms with Gasteiger partial charge in [-0.15, -0.1) is 0 Å². The van der Waals surface area contributed by atoms with Gasteiger partial charge in [-0.25, -0.2) is 9.78 Å². The summed E-state index contributed by atoms with van der Waals surface area (Å²) in [5.74, 6) is 0.332. The van der Waals surface area contributed by atoms with E-state index in [1.165, 1.54) is 6.20 Å². The highest BCUT2D eigenvalue weighted by Gasteiger charge is 2.18. The maximum Gasteiger partial charge on any atom is 0.340 e. The van der Waals surface area contributed by atoms with Gasteiger partial charge in [-0.1, -0.05) is 0 Å². The Labute approximate surface area is 126 Å². The zero-order valence-electron chi connectivity index (χ0n) is 13.6. The lowest BCUT2D eigenvalue weighted by Crippen LogP contribution is -2.40. The topological polar surface area (TPSA) is 71.7 Å². The minimum atomic E-state index is -0.407. The highest BCUT2D eigenvalue weighted by Crippen LogP contribution is 2.21. The summed E-state index contributed by atoms with van der Waals surface area (Å²) < 4.78 is 5.03. The molecule has 0 fully saturated rings. The Morgan fingerprint density at radius 3 is 2.62 bits per heavy atom. The molecule has 118 valence electrons. The molecule has 0 radical (unpaired) electrons. The molecule has 1 atom stereocenters. The van der Waals surface area contributed by atoms with Crippen molar-refractivity contribution in [3.05, 3.63) is 17.8 Å². The van der Waals surface area contributed by atoms with E-state index in [1.807, 2.05) is 14.1 Å². The lowest BCUT2D eigenvalue weighted by atomic mass is 10.2. The van der Waals surface area contributed by atoms with Crippen LogP contribution in [0.3, 0.4) is 0 Å². The van der Waals surface area contributed by atoms with E-state index in [9.17, 15) is 4.79 Å². The number of nitrogens with two attached hydrogens (primary N) is 1. The number of esters is 1. The first kappa shape index (κ1) is 17.2. The molecule has 1 aromatic heterocycles. The fraction of sp³-hybridized carbons (Fsp3) is 0.600. The number of ether oxygens (including phenoxy) is 1. The molecule has 0 aliphatic heterocycles. The van der Waals surface area contributed by atoms with E-state index in [-0.39, 0.29) is 6.04 Å². The van der Waals surface area contributed by atoms with Gasteiger partial charge in [0.05, 0.1) is 24.1 Å². The van der Waals surface area contributed by atoms with Crippen LogP contribution in [0.2, 0.25) is 0 Å². The van der Waals surface area contributed by atoms with Crippen LogP contribution in [-0.2, 0) is 4.74 Å². The third-order valence-corrected chi connectivity index (χ3v) is 3.21. The number of anilines is 2. The number of hydrogen-bond acceptors (Lipinski definition) is 6. The molecule has 0 saturated carbocycles. The molecule has 1 rings (SSSR count). The van der Waals surface area contributed by atoms with E-state index < -0.39 is 5.97 Å². The van der Waals surface area contributed by atoms with Crippen molar-refractivity contribution in [2.45, 2.75) is 26.8 Å². The summed E-state index contributed by atoms with van der Waals surface area (Å²) in [4.78, 5) is 20.5. The van der Waals surface area contributed by atoms with Crippen LogP contribution in [0.4, 0.5) is 11.5 Å². The van der Waals surface area contributed by atoms with Gasteiger partial charge in [0.1, 0.15) is 5.82 Å². The third-order valence-electron chi connectivity index (χ3n) is 3.21. The predicted octanol–water partition coefficient (Wildman–Crippen LogP) is 1.62. The molecule has 6 heteroatoms. The molecule has 1 heterocycles. The quantitative estimate of drug-likeness (QED) is 0.770. The highest BCUT2D eigenvalue weighted by atomic mass is 16.5. The molecule has 21 heavy (non-hydrogen) atoms. The Morgan fingerprint density at radius 1 is 1.43 bits per heavy atom. The van der Waals surface area contributed by atoms with Crippen molar-refractivity contribution in [3.63, 3.8) is 0 Å². The number of aromatic nitrogens is 1. The Hall–Kier alpha value is -1.82. The van der Waals surface area contributed by atoms with Gasteiger partial charge >= 0.3 is 5.97 Å². The Balaban J connectivity index is 3.05. The van der Waals surface area contributed by atoms with Crippen molar-refractivity contribution in [1.82, 2.24) is 9.88 Å². The summed E-state index contributed by atoms with van der Waals surface area (Å²) in [5, 5.41) is 0. The van der Waals surface area contributed by atoms with Crippen LogP contribution in [0.25, 0.3) is 0 Å². The molecule has 2 N–H and O–H groups in total. The molecule has 0 aliphatic carbocycles. The van der Waals surface area contributed by atoms with Crippen LogP contribution in [0.5, 0.6) is 0 Å². The van der Waals surface area contributed by atoms with E-state index in [0.717, 1.165) is 18.9 Å². The van der Waals surface area contributed by atoms with Gasteiger partial charge in [0.2, 0.25) is 0 Å². The predicted molar refractivity (Wildman–Crippen MR) is 85.6 cm³/mol. The first-order valence-corrected chi connectivity index (χ1v) is 7.24. The fourth-order valence-corrected chi connectivity index (χ4v) is 2.32. The van der Waals surface area contributed by atoms with Gasteiger partial charge in [-0.3, -0.25) is 0 Å². The van der Waals surface area contributed by atoms with Crippen molar-refractivity contribution in [2.24, 2.45) is 0 Å². The summed E-state index contributed by atoms with van der Waals surface area (Å²) in [5.41, 5.74) is 6.54. The normalized spacial score (nSPS) is 12.3. The fourth-order valence-electron chi connectivity index (χ4n) is 2.32. The van der Waals surface area contributed by atoms with E-state index in [1.54, 1.807) is 13.0 Å². The SMILES string of the molecule is CCOC(=O)c1cc(N(CC)C(C)CN(C)C)ncc1N. The van der Waals surface area contributed by atoms with Crippen LogP contribution >= 0.6 is 0 Å². The number of rotatable bonds is 7. The molecular weight excluding hydrogens is 268 g/mol. The molecule has 0 saturated heterocycles. The number of carbonyl (C=O) groups is 1. The number of pyridine rings is 1. The molecule has 0 aromatic carbocycles. The van der Waals surface area contributed by atoms with Gasteiger partial charge < -0.3 is 20.3 Å². The van der Waals surface area contributed by atoms with Gasteiger partial charge in [-0.2, -0.15) is 0 Å². The molecule has 1 unspecified atom stereocenters. The number of nitrogen functional groups attached to an aromatic ring is 1. The number of nitrogens with zero attached hydrogens (tertiary/aromatic N) is 3. The summed E-state index contributed by atoms with van der Waals surface area (Å²) in [6.07, 6.45) is 1.52. The molecule has 0 spiro atoms. The molecule has 0 aliphatic rings. The van der Waals surface area contributed by atoms with Crippen LogP contribution < -0.4 is 10.6 Å². The highest BCUT2D eigenvalue weighted by molar-refractivity contribution is 5.95. The second-order valence-corrected chi connectivity index (χ2v) is 5.25. The average Bonchev–Trinajstić information content (AvgIpc) is 2.40. The summed E-state index contributed by atoms with van der Waals surface area (Å²) >= 11 is 0. The monoisotopic (exact) mass is 294 g/mol. The zero-order chi connectivity index (χ0) is 16.0. The van der Waals surface area contributed by atoms with Crippen LogP contribution in [0.15, 0.2) is 12.3 Å². The minimum absolute atomic E-state index is 0.274. The average molecular weight is 294 g/mol. The minimum Gasteiger partial charge on any atom is -0.462 e. The van der Waals surface area contributed by atoms with Crippen LogP contribution in [0.1, 0.15) is 31.1 Å². The summed E-state index contributed by atoms with van der Waals surface area (Å²) in [7, 11) is 4.07. The molecule has 0 amide bonds.